The third-order valence-corrected chi connectivity index (χ3v) is 6.13. The third-order valence-electron chi connectivity index (χ3n) is 5.31. The zero-order valence-electron chi connectivity index (χ0n) is 17.7. The van der Waals surface area contributed by atoms with Crippen LogP contribution in [0.2, 0.25) is 5.02 Å². The van der Waals surface area contributed by atoms with Crippen LogP contribution in [0.3, 0.4) is 0 Å². The van der Waals surface area contributed by atoms with Gasteiger partial charge in [0.05, 0.1) is 23.2 Å². The number of likely N-dealkylation sites (tertiary alicyclic amines) is 1. The molecule has 1 aromatic heterocycles. The number of carbonyl (C=O) groups excluding carboxylic acids is 2. The fraction of sp³-hybridized carbons (Fsp3) is 0.160. The highest BCUT2D eigenvalue weighted by Crippen LogP contribution is 2.41. The molecule has 0 radical (unpaired) electrons. The SMILES string of the molecule is CCOc1ccc(C(O)=C2C(=O)C(=O)N(Cc3cccnc3)[C@@H]2c2ccc(Br)cc2)cc1Cl. The van der Waals surface area contributed by atoms with Gasteiger partial charge in [0.15, 0.2) is 0 Å². The second kappa shape index (κ2) is 9.77. The predicted octanol–water partition coefficient (Wildman–Crippen LogP) is 5.52. The number of hydrogen-bond acceptors (Lipinski definition) is 5. The van der Waals surface area contributed by atoms with E-state index in [4.69, 9.17) is 16.3 Å². The summed E-state index contributed by atoms with van der Waals surface area (Å²) in [6, 6.07) is 14.9. The number of halogens is 2. The number of aromatic nitrogens is 1. The van der Waals surface area contributed by atoms with Gasteiger partial charge in [-0.25, -0.2) is 0 Å². The second-order valence-corrected chi connectivity index (χ2v) is 8.74. The van der Waals surface area contributed by atoms with Crippen LogP contribution in [0, 0.1) is 0 Å². The minimum absolute atomic E-state index is 0.00596. The highest BCUT2D eigenvalue weighted by molar-refractivity contribution is 9.10. The molecule has 0 unspecified atom stereocenters. The Kier molecular flexibility index (Phi) is 6.81. The molecule has 1 fully saturated rings. The third kappa shape index (κ3) is 4.65. The van der Waals surface area contributed by atoms with Gasteiger partial charge in [-0.15, -0.1) is 0 Å². The Morgan fingerprint density at radius 3 is 2.58 bits per heavy atom. The van der Waals surface area contributed by atoms with Crippen LogP contribution in [0.5, 0.6) is 5.75 Å². The minimum Gasteiger partial charge on any atom is -0.507 e. The quantitative estimate of drug-likeness (QED) is 0.259. The molecule has 168 valence electrons. The average molecular weight is 528 g/mol. The summed E-state index contributed by atoms with van der Waals surface area (Å²) in [5.41, 5.74) is 1.79. The Hall–Kier alpha value is -3.16. The first-order valence-corrected chi connectivity index (χ1v) is 11.4. The lowest BCUT2D eigenvalue weighted by Crippen LogP contribution is -2.29. The van der Waals surface area contributed by atoms with E-state index >= 15 is 0 Å². The Balaban J connectivity index is 1.84. The lowest BCUT2D eigenvalue weighted by molar-refractivity contribution is -0.140. The Morgan fingerprint density at radius 2 is 1.94 bits per heavy atom. The van der Waals surface area contributed by atoms with Crippen LogP contribution in [-0.2, 0) is 16.1 Å². The lowest BCUT2D eigenvalue weighted by Gasteiger charge is -2.25. The van der Waals surface area contributed by atoms with E-state index in [0.717, 1.165) is 10.0 Å². The molecule has 33 heavy (non-hydrogen) atoms. The maximum Gasteiger partial charge on any atom is 0.295 e. The number of hydrogen-bond donors (Lipinski definition) is 1. The van der Waals surface area contributed by atoms with Gasteiger partial charge in [-0.1, -0.05) is 45.7 Å². The number of rotatable bonds is 6. The van der Waals surface area contributed by atoms with Gasteiger partial charge < -0.3 is 14.7 Å². The number of benzene rings is 2. The van der Waals surface area contributed by atoms with Crippen LogP contribution in [0.1, 0.15) is 29.7 Å². The fourth-order valence-corrected chi connectivity index (χ4v) is 4.30. The van der Waals surface area contributed by atoms with E-state index in [1.165, 1.54) is 11.0 Å². The van der Waals surface area contributed by atoms with Crippen LogP contribution in [0.4, 0.5) is 0 Å². The summed E-state index contributed by atoms with van der Waals surface area (Å²) in [6.07, 6.45) is 3.28. The van der Waals surface area contributed by atoms with E-state index < -0.39 is 17.7 Å². The van der Waals surface area contributed by atoms with E-state index in [0.29, 0.717) is 28.5 Å². The molecule has 6 nitrogen and oxygen atoms in total. The number of carbonyl (C=O) groups is 2. The maximum absolute atomic E-state index is 13.1. The van der Waals surface area contributed by atoms with E-state index in [9.17, 15) is 14.7 Å². The van der Waals surface area contributed by atoms with Crippen LogP contribution in [-0.4, -0.2) is 33.3 Å². The average Bonchev–Trinajstić information content (AvgIpc) is 3.06. The summed E-state index contributed by atoms with van der Waals surface area (Å²) in [7, 11) is 0. The van der Waals surface area contributed by atoms with Crippen LogP contribution in [0.15, 0.2) is 77.0 Å². The molecule has 0 spiro atoms. The summed E-state index contributed by atoms with van der Waals surface area (Å²) in [5.74, 6) is -1.27. The molecule has 3 aromatic rings. The monoisotopic (exact) mass is 526 g/mol. The van der Waals surface area contributed by atoms with Crippen molar-refractivity contribution in [3.8, 4) is 5.75 Å². The number of pyridine rings is 1. The standard InChI is InChI=1S/C25H20BrClN2O4/c1-2-33-20-10-7-17(12-19(20)27)23(30)21-22(16-5-8-18(26)9-6-16)29(25(32)24(21)31)14-15-4-3-11-28-13-15/h3-13,22,30H,2,14H2,1H3/t22-/m1/s1. The summed E-state index contributed by atoms with van der Waals surface area (Å²) in [4.78, 5) is 31.7. The topological polar surface area (TPSA) is 79.7 Å². The molecular formula is C25H20BrClN2O4. The van der Waals surface area contributed by atoms with E-state index in [1.807, 2.05) is 37.3 Å². The van der Waals surface area contributed by atoms with Crippen molar-refractivity contribution in [2.45, 2.75) is 19.5 Å². The largest absolute Gasteiger partial charge is 0.507 e. The Morgan fingerprint density at radius 1 is 1.18 bits per heavy atom. The second-order valence-electron chi connectivity index (χ2n) is 7.42. The van der Waals surface area contributed by atoms with Crippen LogP contribution < -0.4 is 4.74 Å². The maximum atomic E-state index is 13.1. The number of amides is 1. The molecule has 0 saturated carbocycles. The van der Waals surface area contributed by atoms with Crippen molar-refractivity contribution in [3.63, 3.8) is 0 Å². The van der Waals surface area contributed by atoms with E-state index in [2.05, 4.69) is 20.9 Å². The highest BCUT2D eigenvalue weighted by Gasteiger charge is 2.46. The minimum atomic E-state index is -0.774. The molecule has 4 rings (SSSR count). The summed E-state index contributed by atoms with van der Waals surface area (Å²) >= 11 is 9.71. The fourth-order valence-electron chi connectivity index (χ4n) is 3.80. The number of ketones is 1. The molecule has 1 saturated heterocycles. The number of aliphatic hydroxyl groups is 1. The summed E-state index contributed by atoms with van der Waals surface area (Å²) in [6.45, 7) is 2.44. The lowest BCUT2D eigenvalue weighted by atomic mass is 9.95. The van der Waals surface area contributed by atoms with Crippen molar-refractivity contribution in [1.29, 1.82) is 0 Å². The zero-order chi connectivity index (χ0) is 23.5. The molecule has 2 aromatic carbocycles. The van der Waals surface area contributed by atoms with Crippen molar-refractivity contribution in [3.05, 3.63) is 98.7 Å². The van der Waals surface area contributed by atoms with Crippen molar-refractivity contribution < 1.29 is 19.4 Å². The van der Waals surface area contributed by atoms with Gasteiger partial charge in [0.25, 0.3) is 11.7 Å². The van der Waals surface area contributed by atoms with Gasteiger partial charge in [0, 0.05) is 29.0 Å². The van der Waals surface area contributed by atoms with Crippen molar-refractivity contribution in [2.75, 3.05) is 6.61 Å². The van der Waals surface area contributed by atoms with Gasteiger partial charge in [0.2, 0.25) is 0 Å². The number of Topliss-reactive ketones (excluding diaryl/α,β-unsaturated/α-hetero) is 1. The van der Waals surface area contributed by atoms with Gasteiger partial charge in [0.1, 0.15) is 11.5 Å². The number of aliphatic hydroxyl groups excluding tert-OH is 1. The molecule has 1 amide bonds. The van der Waals surface area contributed by atoms with Gasteiger partial charge in [-0.2, -0.15) is 0 Å². The predicted molar refractivity (Wildman–Crippen MR) is 129 cm³/mol. The highest BCUT2D eigenvalue weighted by atomic mass is 79.9. The number of nitrogens with zero attached hydrogens (tertiary/aromatic N) is 2. The molecule has 1 aliphatic heterocycles. The van der Waals surface area contributed by atoms with Gasteiger partial charge in [-0.05, 0) is 54.4 Å². The van der Waals surface area contributed by atoms with Crippen molar-refractivity contribution in [1.82, 2.24) is 9.88 Å². The Bertz CT molecular complexity index is 1230. The van der Waals surface area contributed by atoms with Crippen LogP contribution >= 0.6 is 27.5 Å². The molecule has 0 bridgehead atoms. The van der Waals surface area contributed by atoms with Gasteiger partial charge >= 0.3 is 0 Å². The molecular weight excluding hydrogens is 508 g/mol. The van der Waals surface area contributed by atoms with E-state index in [-0.39, 0.29) is 17.9 Å². The first-order valence-electron chi connectivity index (χ1n) is 10.3. The van der Waals surface area contributed by atoms with Gasteiger partial charge in [-0.3, -0.25) is 14.6 Å². The molecule has 1 N–H and O–H groups in total. The summed E-state index contributed by atoms with van der Waals surface area (Å²) in [5, 5.41) is 11.5. The molecule has 2 heterocycles. The van der Waals surface area contributed by atoms with Crippen molar-refractivity contribution in [2.24, 2.45) is 0 Å². The Labute approximate surface area is 204 Å². The van der Waals surface area contributed by atoms with Crippen molar-refractivity contribution >= 4 is 45.0 Å². The molecule has 0 aliphatic carbocycles. The zero-order valence-corrected chi connectivity index (χ0v) is 20.0. The number of ether oxygens (including phenoxy) is 1. The first-order chi connectivity index (χ1) is 15.9. The summed E-state index contributed by atoms with van der Waals surface area (Å²) < 4.78 is 6.31. The molecule has 8 heteroatoms. The molecule has 1 aliphatic rings. The normalized spacial score (nSPS) is 17.4. The van der Waals surface area contributed by atoms with Crippen LogP contribution in [0.25, 0.3) is 5.76 Å². The van der Waals surface area contributed by atoms with E-state index in [1.54, 1.807) is 30.6 Å². The first kappa shape index (κ1) is 23.0. The molecule has 1 atom stereocenters. The smallest absolute Gasteiger partial charge is 0.295 e.